The minimum atomic E-state index is -1.87. The van der Waals surface area contributed by atoms with Crippen LogP contribution < -0.4 is 0 Å². The maximum absolute atomic E-state index is 13.2. The lowest BCUT2D eigenvalue weighted by Gasteiger charge is -2.28. The van der Waals surface area contributed by atoms with Crippen LogP contribution in [0.1, 0.15) is 46.0 Å². The van der Waals surface area contributed by atoms with Gasteiger partial charge in [-0.15, -0.1) is 0 Å². The van der Waals surface area contributed by atoms with E-state index in [0.717, 1.165) is 12.8 Å². The molecule has 0 aliphatic heterocycles. The van der Waals surface area contributed by atoms with Crippen molar-refractivity contribution in [1.29, 1.82) is 0 Å². The van der Waals surface area contributed by atoms with Crippen molar-refractivity contribution in [3.63, 3.8) is 0 Å². The molecule has 8 nitrogen and oxygen atoms in total. The minimum absolute atomic E-state index is 0.298. The Morgan fingerprint density at radius 2 is 1.97 bits per heavy atom. The summed E-state index contributed by atoms with van der Waals surface area (Å²) in [5.74, 6) is -2.77. The molecule has 0 amide bonds. The molecule has 3 atom stereocenters. The molecule has 1 aliphatic rings. The van der Waals surface area contributed by atoms with Gasteiger partial charge in [0.25, 0.3) is 0 Å². The Morgan fingerprint density at radius 3 is 2.43 bits per heavy atom. The quantitative estimate of drug-likeness (QED) is 0.211. The first-order valence-electron chi connectivity index (χ1n) is 10.1. The molecule has 0 aromatic carbocycles. The van der Waals surface area contributed by atoms with Gasteiger partial charge in [0.2, 0.25) is 0 Å². The summed E-state index contributed by atoms with van der Waals surface area (Å²) in [6, 6.07) is 0. The second kappa shape index (κ2) is 12.4. The molecule has 8 heteroatoms. The number of allylic oxidation sites excluding steroid dienone is 1. The van der Waals surface area contributed by atoms with Gasteiger partial charge in [-0.05, 0) is 37.1 Å². The second-order valence-electron chi connectivity index (χ2n) is 7.08. The average molecular weight is 424 g/mol. The summed E-state index contributed by atoms with van der Waals surface area (Å²) in [5, 5.41) is 18.3. The largest absolute Gasteiger partial charge is 0.497 e. The summed E-state index contributed by atoms with van der Waals surface area (Å²) in [6.45, 7) is 2.95. The zero-order valence-electron chi connectivity index (χ0n) is 18.1. The third kappa shape index (κ3) is 6.90. The molecular formula is C22H32O8. The van der Waals surface area contributed by atoms with Crippen molar-refractivity contribution in [1.82, 2.24) is 0 Å². The van der Waals surface area contributed by atoms with Crippen molar-refractivity contribution in [3.8, 4) is 0 Å². The number of hydrogen-bond donors (Lipinski definition) is 2. The molecule has 0 heterocycles. The van der Waals surface area contributed by atoms with Crippen molar-refractivity contribution in [2.45, 2.75) is 57.7 Å². The minimum Gasteiger partial charge on any atom is -0.497 e. The Hall–Kier alpha value is -2.29. The Morgan fingerprint density at radius 1 is 1.27 bits per heavy atom. The lowest BCUT2D eigenvalue weighted by Crippen LogP contribution is -2.34. The van der Waals surface area contributed by atoms with Gasteiger partial charge in [0.05, 0.1) is 13.7 Å². The molecule has 0 fully saturated rings. The van der Waals surface area contributed by atoms with E-state index < -0.39 is 42.0 Å². The van der Waals surface area contributed by atoms with Crippen LogP contribution in [0.4, 0.5) is 0 Å². The highest BCUT2D eigenvalue weighted by atomic mass is 16.6. The van der Waals surface area contributed by atoms with E-state index in [4.69, 9.17) is 14.6 Å². The van der Waals surface area contributed by atoms with E-state index >= 15 is 0 Å². The van der Waals surface area contributed by atoms with E-state index in [2.05, 4.69) is 4.74 Å². The maximum Gasteiger partial charge on any atom is 0.349 e. The van der Waals surface area contributed by atoms with E-state index in [1.807, 2.05) is 13.8 Å². The van der Waals surface area contributed by atoms with Crippen LogP contribution in [0.2, 0.25) is 0 Å². The van der Waals surface area contributed by atoms with Crippen molar-refractivity contribution in [2.75, 3.05) is 20.8 Å². The fourth-order valence-electron chi connectivity index (χ4n) is 3.04. The number of unbranched alkanes of at least 4 members (excludes halogenated alkanes) is 1. The van der Waals surface area contributed by atoms with E-state index in [9.17, 15) is 19.5 Å². The Bertz CT molecular complexity index is 706. The fraction of sp³-hybridized carbons (Fsp3) is 0.591. The highest BCUT2D eigenvalue weighted by molar-refractivity contribution is 6.20. The molecule has 30 heavy (non-hydrogen) atoms. The Labute approximate surface area is 177 Å². The highest BCUT2D eigenvalue weighted by Crippen LogP contribution is 2.29. The molecule has 0 spiro atoms. The number of ether oxygens (including phenoxy) is 3. The highest BCUT2D eigenvalue weighted by Gasteiger charge is 2.34. The molecule has 0 saturated heterocycles. The van der Waals surface area contributed by atoms with Gasteiger partial charge >= 0.3 is 11.9 Å². The number of esters is 2. The van der Waals surface area contributed by atoms with Gasteiger partial charge < -0.3 is 24.4 Å². The normalized spacial score (nSPS) is 20.9. The van der Waals surface area contributed by atoms with Crippen LogP contribution in [0, 0.1) is 5.92 Å². The van der Waals surface area contributed by atoms with E-state index in [1.54, 1.807) is 18.2 Å². The van der Waals surface area contributed by atoms with Crippen LogP contribution in [0.25, 0.3) is 0 Å². The van der Waals surface area contributed by atoms with Gasteiger partial charge in [0.1, 0.15) is 16.9 Å². The molecule has 2 N–H and O–H groups in total. The van der Waals surface area contributed by atoms with Crippen LogP contribution in [0.15, 0.2) is 35.6 Å². The summed E-state index contributed by atoms with van der Waals surface area (Å²) in [6.07, 6.45) is 7.65. The molecule has 0 saturated carbocycles. The summed E-state index contributed by atoms with van der Waals surface area (Å²) in [7, 11) is 2.96. The van der Waals surface area contributed by atoms with Gasteiger partial charge in [-0.1, -0.05) is 26.7 Å². The summed E-state index contributed by atoms with van der Waals surface area (Å²) in [5.41, 5.74) is -1.43. The van der Waals surface area contributed by atoms with Crippen LogP contribution in [0.3, 0.4) is 0 Å². The van der Waals surface area contributed by atoms with Gasteiger partial charge in [0, 0.05) is 19.4 Å². The SMILES string of the molecule is CCCCC(CC)C(=O)C(=CC1(OC)C=CC(OC)=CC1)C(=O)OC(=O)C(O)CO. The Kier molecular flexibility index (Phi) is 10.7. The number of hydrogen-bond acceptors (Lipinski definition) is 8. The van der Waals surface area contributed by atoms with Crippen molar-refractivity contribution in [2.24, 2.45) is 5.92 Å². The third-order valence-electron chi connectivity index (χ3n) is 5.05. The monoisotopic (exact) mass is 424 g/mol. The number of Topliss-reactive ketones (excluding diaryl/α,β-unsaturated/α-hetero) is 1. The van der Waals surface area contributed by atoms with Crippen LogP contribution >= 0.6 is 0 Å². The number of aliphatic hydroxyl groups is 2. The molecule has 0 radical (unpaired) electrons. The molecule has 3 unspecified atom stereocenters. The van der Waals surface area contributed by atoms with Crippen LogP contribution in [0.5, 0.6) is 0 Å². The van der Waals surface area contributed by atoms with Crippen molar-refractivity contribution in [3.05, 3.63) is 35.6 Å². The molecular weight excluding hydrogens is 392 g/mol. The van der Waals surface area contributed by atoms with Gasteiger partial charge in [0.15, 0.2) is 11.9 Å². The number of aliphatic hydroxyl groups excluding tert-OH is 2. The second-order valence-corrected chi connectivity index (χ2v) is 7.08. The van der Waals surface area contributed by atoms with Crippen LogP contribution in [-0.4, -0.2) is 60.5 Å². The lowest BCUT2D eigenvalue weighted by atomic mass is 9.86. The molecule has 0 aromatic heterocycles. The number of ketones is 1. The van der Waals surface area contributed by atoms with Gasteiger partial charge in [-0.25, -0.2) is 9.59 Å². The lowest BCUT2D eigenvalue weighted by molar-refractivity contribution is -0.165. The predicted octanol–water partition coefficient (Wildman–Crippen LogP) is 2.00. The summed E-state index contributed by atoms with van der Waals surface area (Å²) in [4.78, 5) is 37.7. The zero-order valence-corrected chi connectivity index (χ0v) is 18.1. The fourth-order valence-corrected chi connectivity index (χ4v) is 3.04. The molecule has 0 aromatic rings. The zero-order chi connectivity index (χ0) is 22.7. The van der Waals surface area contributed by atoms with E-state index in [1.165, 1.54) is 20.3 Å². The first kappa shape index (κ1) is 25.7. The van der Waals surface area contributed by atoms with E-state index in [0.29, 0.717) is 25.0 Å². The topological polar surface area (TPSA) is 119 Å². The maximum atomic E-state index is 13.2. The Balaban J connectivity index is 3.31. The number of carbonyl (C=O) groups is 3. The van der Waals surface area contributed by atoms with Gasteiger partial charge in [-0.3, -0.25) is 4.79 Å². The number of rotatable bonds is 12. The van der Waals surface area contributed by atoms with Crippen LogP contribution in [-0.2, 0) is 28.6 Å². The molecule has 168 valence electrons. The summed E-state index contributed by atoms with van der Waals surface area (Å²) >= 11 is 0. The molecule has 1 rings (SSSR count). The number of methoxy groups -OCH3 is 2. The predicted molar refractivity (Wildman–Crippen MR) is 109 cm³/mol. The summed E-state index contributed by atoms with van der Waals surface area (Å²) < 4.78 is 15.4. The first-order valence-corrected chi connectivity index (χ1v) is 10.1. The smallest absolute Gasteiger partial charge is 0.349 e. The standard InChI is InChI=1S/C22H32O8/c1-5-7-8-15(6-2)19(25)17(20(26)30-21(27)18(24)14-23)13-22(29-4)11-9-16(28-3)10-12-22/h9-11,13,15,18,23-24H,5-8,12,14H2,1-4H3. The number of carbonyl (C=O) groups excluding carboxylic acids is 3. The first-order chi connectivity index (χ1) is 14.3. The average Bonchev–Trinajstić information content (AvgIpc) is 2.77. The molecule has 0 bridgehead atoms. The third-order valence-corrected chi connectivity index (χ3v) is 5.05. The van der Waals surface area contributed by atoms with Gasteiger partial charge in [-0.2, -0.15) is 0 Å². The van der Waals surface area contributed by atoms with Crippen molar-refractivity contribution < 1.29 is 38.8 Å². The van der Waals surface area contributed by atoms with Crippen molar-refractivity contribution >= 4 is 17.7 Å². The molecule has 1 aliphatic carbocycles. The van der Waals surface area contributed by atoms with E-state index in [-0.39, 0.29) is 5.57 Å².